The van der Waals surface area contributed by atoms with Gasteiger partial charge in [-0.15, -0.1) is 0 Å². The predicted molar refractivity (Wildman–Crippen MR) is 135 cm³/mol. The number of methoxy groups -OCH3 is 1. The molecule has 4 amide bonds. The largest absolute Gasteiger partial charge is 0.493 e. The Morgan fingerprint density at radius 1 is 0.973 bits per heavy atom. The molecule has 1 aliphatic heterocycles. The van der Waals surface area contributed by atoms with Crippen LogP contribution in [0.3, 0.4) is 0 Å². The van der Waals surface area contributed by atoms with E-state index in [0.29, 0.717) is 28.3 Å². The summed E-state index contributed by atoms with van der Waals surface area (Å²) < 4.78 is 11.2. The molecule has 0 bridgehead atoms. The first-order valence-corrected chi connectivity index (χ1v) is 11.3. The number of anilines is 1. The summed E-state index contributed by atoms with van der Waals surface area (Å²) in [6, 6.07) is 17.0. The van der Waals surface area contributed by atoms with E-state index in [4.69, 9.17) is 9.47 Å². The molecule has 1 saturated heterocycles. The Morgan fingerprint density at radius 3 is 2.41 bits per heavy atom. The van der Waals surface area contributed by atoms with Gasteiger partial charge in [0.05, 0.1) is 17.7 Å². The van der Waals surface area contributed by atoms with Crippen LogP contribution in [0.4, 0.5) is 16.2 Å². The molecular weight excluding hydrogens is 478 g/mol. The highest BCUT2D eigenvalue weighted by Gasteiger charge is 2.36. The first kappa shape index (κ1) is 25.1. The molecule has 0 atom stereocenters. The Balaban J connectivity index is 1.57. The molecule has 1 N–H and O–H groups in total. The van der Waals surface area contributed by atoms with Crippen molar-refractivity contribution in [2.24, 2.45) is 0 Å². The third-order valence-electron chi connectivity index (χ3n) is 5.72. The van der Waals surface area contributed by atoms with Crippen molar-refractivity contribution in [2.75, 3.05) is 12.0 Å². The monoisotopic (exact) mass is 501 g/mol. The highest BCUT2D eigenvalue weighted by molar-refractivity contribution is 6.39. The first-order valence-electron chi connectivity index (χ1n) is 11.3. The summed E-state index contributed by atoms with van der Waals surface area (Å²) in [4.78, 5) is 49.5. The average molecular weight is 501 g/mol. The van der Waals surface area contributed by atoms with Crippen LogP contribution in [0.5, 0.6) is 11.5 Å². The number of carbonyl (C=O) groups excluding carboxylic acids is 3. The lowest BCUT2D eigenvalue weighted by molar-refractivity contribution is -0.384. The van der Waals surface area contributed by atoms with Crippen molar-refractivity contribution in [1.29, 1.82) is 0 Å². The third kappa shape index (κ3) is 5.48. The number of nitro groups is 1. The van der Waals surface area contributed by atoms with Crippen LogP contribution in [0.2, 0.25) is 0 Å². The fourth-order valence-corrected chi connectivity index (χ4v) is 3.75. The number of barbiturate groups is 1. The zero-order chi connectivity index (χ0) is 26.5. The number of hydrogen-bond donors (Lipinski definition) is 1. The van der Waals surface area contributed by atoms with Gasteiger partial charge in [0.25, 0.3) is 17.5 Å². The van der Waals surface area contributed by atoms with Gasteiger partial charge < -0.3 is 9.47 Å². The lowest BCUT2D eigenvalue weighted by Gasteiger charge is -2.26. The molecular formula is C27H23N3O7. The van der Waals surface area contributed by atoms with Crippen LogP contribution in [-0.2, 0) is 22.6 Å². The molecule has 0 spiro atoms. The third-order valence-corrected chi connectivity index (χ3v) is 5.72. The minimum Gasteiger partial charge on any atom is -0.493 e. The van der Waals surface area contributed by atoms with Crippen molar-refractivity contribution in [2.45, 2.75) is 20.0 Å². The molecule has 0 aliphatic carbocycles. The van der Waals surface area contributed by atoms with Crippen LogP contribution < -0.4 is 19.7 Å². The van der Waals surface area contributed by atoms with Crippen LogP contribution in [0.15, 0.2) is 72.3 Å². The van der Waals surface area contributed by atoms with Crippen molar-refractivity contribution in [3.05, 3.63) is 99.1 Å². The van der Waals surface area contributed by atoms with Gasteiger partial charge in [-0.05, 0) is 53.5 Å². The second-order valence-electron chi connectivity index (χ2n) is 8.10. The maximum absolute atomic E-state index is 13.1. The number of urea groups is 1. The number of nitrogens with one attached hydrogen (secondary N) is 1. The molecule has 10 heteroatoms. The van der Waals surface area contributed by atoms with Crippen molar-refractivity contribution in [3.63, 3.8) is 0 Å². The molecule has 1 aliphatic rings. The highest BCUT2D eigenvalue weighted by atomic mass is 16.6. The van der Waals surface area contributed by atoms with E-state index in [-0.39, 0.29) is 17.9 Å². The van der Waals surface area contributed by atoms with Gasteiger partial charge in [-0.3, -0.25) is 25.0 Å². The number of benzene rings is 3. The lowest BCUT2D eigenvalue weighted by Crippen LogP contribution is -2.54. The fourth-order valence-electron chi connectivity index (χ4n) is 3.75. The van der Waals surface area contributed by atoms with Crippen LogP contribution in [-0.4, -0.2) is 29.9 Å². The van der Waals surface area contributed by atoms with Crippen molar-refractivity contribution >= 4 is 35.3 Å². The van der Waals surface area contributed by atoms with E-state index in [1.165, 1.54) is 25.3 Å². The van der Waals surface area contributed by atoms with Crippen molar-refractivity contribution in [1.82, 2.24) is 5.32 Å². The molecule has 1 heterocycles. The Bertz CT molecular complexity index is 1410. The second kappa shape index (κ2) is 10.7. The Labute approximate surface area is 212 Å². The number of aryl methyl sites for hydroxylation is 1. The Hall–Kier alpha value is -4.99. The van der Waals surface area contributed by atoms with Gasteiger partial charge in [0, 0.05) is 12.1 Å². The summed E-state index contributed by atoms with van der Waals surface area (Å²) in [5, 5.41) is 13.2. The summed E-state index contributed by atoms with van der Waals surface area (Å²) >= 11 is 0. The van der Waals surface area contributed by atoms with E-state index >= 15 is 0 Å². The second-order valence-corrected chi connectivity index (χ2v) is 8.10. The maximum Gasteiger partial charge on any atom is 0.335 e. The zero-order valence-corrected chi connectivity index (χ0v) is 20.1. The number of imide groups is 2. The van der Waals surface area contributed by atoms with Gasteiger partial charge in [0.15, 0.2) is 11.5 Å². The SMILES string of the molecule is CCc1ccc(N2C(=O)NC(=O)/C(=C/c3ccc(OCc4cccc([N+](=O)[O-])c4)c(OC)c3)C2=O)cc1. The lowest BCUT2D eigenvalue weighted by atomic mass is 10.1. The molecule has 188 valence electrons. The molecule has 0 aromatic heterocycles. The predicted octanol–water partition coefficient (Wildman–Crippen LogP) is 4.41. The van der Waals surface area contributed by atoms with Crippen molar-refractivity contribution < 1.29 is 28.8 Å². The molecule has 4 rings (SSSR count). The fraction of sp³-hybridized carbons (Fsp3) is 0.148. The van der Waals surface area contributed by atoms with Gasteiger partial charge in [0.2, 0.25) is 0 Å². The van der Waals surface area contributed by atoms with E-state index < -0.39 is 22.8 Å². The number of carbonyl (C=O) groups is 3. The normalized spacial score (nSPS) is 14.5. The molecule has 37 heavy (non-hydrogen) atoms. The summed E-state index contributed by atoms with van der Waals surface area (Å²) in [7, 11) is 1.44. The van der Waals surface area contributed by atoms with Crippen LogP contribution in [0.25, 0.3) is 6.08 Å². The molecule has 3 aromatic rings. The van der Waals surface area contributed by atoms with Gasteiger partial charge in [0.1, 0.15) is 12.2 Å². The number of ether oxygens (including phenoxy) is 2. The van der Waals surface area contributed by atoms with Gasteiger partial charge in [-0.25, -0.2) is 9.69 Å². The Kier molecular flexibility index (Phi) is 7.28. The minimum atomic E-state index is -0.820. The number of rotatable bonds is 8. The van der Waals surface area contributed by atoms with Crippen LogP contribution in [0, 0.1) is 10.1 Å². The van der Waals surface area contributed by atoms with E-state index in [9.17, 15) is 24.5 Å². The van der Waals surface area contributed by atoms with Crippen LogP contribution in [0.1, 0.15) is 23.6 Å². The molecule has 1 fully saturated rings. The van der Waals surface area contributed by atoms with E-state index in [1.807, 2.05) is 19.1 Å². The zero-order valence-electron chi connectivity index (χ0n) is 20.1. The standard InChI is InChI=1S/C27H23N3O7/c1-3-17-7-10-20(11-8-17)29-26(32)22(25(31)28-27(29)33)14-18-9-12-23(24(15-18)36-2)37-16-19-5-4-6-21(13-19)30(34)35/h4-15H,3,16H2,1-2H3,(H,28,31,33)/b22-14-. The number of nitro benzene ring substituents is 1. The molecule has 0 saturated carbocycles. The number of non-ortho nitro benzene ring substituents is 1. The average Bonchev–Trinajstić information content (AvgIpc) is 2.90. The smallest absolute Gasteiger partial charge is 0.335 e. The summed E-state index contributed by atoms with van der Waals surface area (Å²) in [5.74, 6) is -0.862. The van der Waals surface area contributed by atoms with Crippen molar-refractivity contribution in [3.8, 4) is 11.5 Å². The molecule has 0 unspecified atom stereocenters. The van der Waals surface area contributed by atoms with E-state index in [0.717, 1.165) is 16.9 Å². The van der Waals surface area contributed by atoms with Gasteiger partial charge in [-0.2, -0.15) is 0 Å². The first-order chi connectivity index (χ1) is 17.8. The maximum atomic E-state index is 13.1. The molecule has 10 nitrogen and oxygen atoms in total. The summed E-state index contributed by atoms with van der Waals surface area (Å²) in [6.07, 6.45) is 2.17. The van der Waals surface area contributed by atoms with Gasteiger partial charge >= 0.3 is 6.03 Å². The molecule has 3 aromatic carbocycles. The number of amides is 4. The van der Waals surface area contributed by atoms with E-state index in [2.05, 4.69) is 5.32 Å². The number of nitrogens with zero attached hydrogens (tertiary/aromatic N) is 2. The van der Waals surface area contributed by atoms with Gasteiger partial charge in [-0.1, -0.05) is 37.3 Å². The Morgan fingerprint density at radius 2 is 1.73 bits per heavy atom. The van der Waals surface area contributed by atoms with Crippen LogP contribution >= 0.6 is 0 Å². The minimum absolute atomic E-state index is 0.0423. The summed E-state index contributed by atoms with van der Waals surface area (Å²) in [5.41, 5.74) is 2.20. The number of hydrogen-bond acceptors (Lipinski definition) is 7. The molecule has 0 radical (unpaired) electrons. The topological polar surface area (TPSA) is 128 Å². The van der Waals surface area contributed by atoms with E-state index in [1.54, 1.807) is 42.5 Å². The quantitative estimate of drug-likeness (QED) is 0.210. The highest BCUT2D eigenvalue weighted by Crippen LogP contribution is 2.31. The summed E-state index contributed by atoms with van der Waals surface area (Å²) in [6.45, 7) is 2.05.